The molecule has 4 heterocycles. The Morgan fingerprint density at radius 3 is 2.63 bits per heavy atom. The Morgan fingerprint density at radius 1 is 1.17 bits per heavy atom. The van der Waals surface area contributed by atoms with E-state index in [1.165, 1.54) is 33.8 Å². The molecule has 0 unspecified atom stereocenters. The van der Waals surface area contributed by atoms with E-state index in [1.54, 1.807) is 4.90 Å². The number of nitrogens with zero attached hydrogens (tertiary/aromatic N) is 5. The van der Waals surface area contributed by atoms with Crippen LogP contribution in [0.2, 0.25) is 0 Å². The highest BCUT2D eigenvalue weighted by molar-refractivity contribution is 14.2. The lowest BCUT2D eigenvalue weighted by molar-refractivity contribution is -0.0457. The van der Waals surface area contributed by atoms with Gasteiger partial charge >= 0.3 is 5.92 Å². The lowest BCUT2D eigenvalue weighted by Gasteiger charge is -2.34. The van der Waals surface area contributed by atoms with Crippen LogP contribution in [-0.2, 0) is 12.6 Å². The molecule has 3 aromatic heterocycles. The summed E-state index contributed by atoms with van der Waals surface area (Å²) in [5.41, 5.74) is 0.823. The second-order valence-corrected chi connectivity index (χ2v) is 8.97. The number of likely N-dealkylation sites (tertiary alicyclic amines) is 1. The van der Waals surface area contributed by atoms with Crippen molar-refractivity contribution in [2.24, 2.45) is 0 Å². The number of piperidine rings is 1. The predicted molar refractivity (Wildman–Crippen MR) is 121 cm³/mol. The third-order valence-electron chi connectivity index (χ3n) is 5.23. The minimum atomic E-state index is -3.08. The molecule has 0 bridgehead atoms. The molecule has 1 saturated heterocycles. The first-order valence-corrected chi connectivity index (χ1v) is 12.8. The van der Waals surface area contributed by atoms with E-state index in [1.807, 2.05) is 16.2 Å². The van der Waals surface area contributed by atoms with E-state index in [0.717, 1.165) is 29.7 Å². The number of hydrogen-bond donors (Lipinski definition) is 1. The summed E-state index contributed by atoms with van der Waals surface area (Å²) in [5, 5.41) is 4.39. The van der Waals surface area contributed by atoms with Crippen LogP contribution in [0.25, 0.3) is 11.0 Å². The van der Waals surface area contributed by atoms with Gasteiger partial charge in [0.25, 0.3) is 0 Å². The first kappa shape index (κ1) is 21.6. The molecule has 0 amide bonds. The normalized spacial score (nSPS) is 16.3. The van der Waals surface area contributed by atoms with E-state index in [0.29, 0.717) is 18.7 Å². The molecule has 0 aromatic carbocycles. The van der Waals surface area contributed by atoms with Crippen LogP contribution < -0.4 is 5.32 Å². The number of hydrogen-bond acceptors (Lipinski definition) is 6. The van der Waals surface area contributed by atoms with Crippen LogP contribution in [0.15, 0.2) is 36.9 Å². The molecule has 1 aliphatic heterocycles. The van der Waals surface area contributed by atoms with E-state index < -0.39 is 19.1 Å². The number of nitrogens with one attached hydrogen (secondary N) is 1. The molecular formula is C19H20F3IN6S. The number of alkyl halides is 3. The maximum Gasteiger partial charge on any atom is 0.302 e. The fourth-order valence-electron chi connectivity index (χ4n) is 3.61. The second-order valence-electron chi connectivity index (χ2n) is 7.25. The highest BCUT2D eigenvalue weighted by Gasteiger charge is 2.36. The van der Waals surface area contributed by atoms with Gasteiger partial charge in [-0.05, 0) is 25.0 Å². The van der Waals surface area contributed by atoms with Gasteiger partial charge in [0, 0.05) is 67.4 Å². The van der Waals surface area contributed by atoms with Crippen LogP contribution in [-0.4, -0.2) is 49.5 Å². The molecule has 0 atom stereocenters. The van der Waals surface area contributed by atoms with Crippen molar-refractivity contribution in [3.05, 3.63) is 48.2 Å². The minimum absolute atomic E-state index is 0.158. The summed E-state index contributed by atoms with van der Waals surface area (Å²) in [4.78, 5) is 14.2. The smallest absolute Gasteiger partial charge is 0.302 e. The number of aromatic nitrogens is 4. The monoisotopic (exact) mass is 548 g/mol. The Labute approximate surface area is 188 Å². The van der Waals surface area contributed by atoms with Crippen molar-refractivity contribution in [2.45, 2.75) is 31.5 Å². The van der Waals surface area contributed by atoms with Gasteiger partial charge in [0.15, 0.2) is 5.65 Å². The fraction of sp³-hybridized carbons (Fsp3) is 0.421. The largest absolute Gasteiger partial charge is 0.367 e. The van der Waals surface area contributed by atoms with Crippen LogP contribution in [0.5, 0.6) is 0 Å². The van der Waals surface area contributed by atoms with Gasteiger partial charge in [-0.2, -0.15) is 8.78 Å². The zero-order valence-corrected chi connectivity index (χ0v) is 18.9. The number of anilines is 1. The zero-order chi connectivity index (χ0) is 21.1. The summed E-state index contributed by atoms with van der Waals surface area (Å²) >= 11 is 2.20. The molecule has 1 N–H and O–H groups in total. The Balaban J connectivity index is 1.35. The van der Waals surface area contributed by atoms with Crippen LogP contribution in [0.3, 0.4) is 0 Å². The predicted octanol–water partition coefficient (Wildman–Crippen LogP) is 4.81. The topological polar surface area (TPSA) is 58.9 Å². The summed E-state index contributed by atoms with van der Waals surface area (Å²) in [7, 11) is 1.53. The maximum atomic E-state index is 14.6. The van der Waals surface area contributed by atoms with Crippen LogP contribution in [0.1, 0.15) is 24.1 Å². The molecule has 0 spiro atoms. The van der Waals surface area contributed by atoms with Gasteiger partial charge in [0.05, 0.1) is 11.9 Å². The molecule has 3 aromatic rings. The highest BCUT2D eigenvalue weighted by atomic mass is 127. The third-order valence-corrected chi connectivity index (χ3v) is 6.94. The third kappa shape index (κ3) is 4.67. The van der Waals surface area contributed by atoms with Gasteiger partial charge in [-0.3, -0.25) is 13.9 Å². The van der Waals surface area contributed by atoms with Gasteiger partial charge < -0.3 is 5.32 Å². The summed E-state index contributed by atoms with van der Waals surface area (Å²) in [6.07, 6.45) is 6.12. The molecule has 1 aliphatic rings. The Morgan fingerprint density at radius 2 is 1.97 bits per heavy atom. The van der Waals surface area contributed by atoms with Gasteiger partial charge in [-0.15, -0.1) is 0 Å². The molecule has 1 fully saturated rings. The standard InChI is InChI=1S/C19H20F3IN6S/c20-9-13-1-2-16(24-10-13)19(21,22)11-28-6-3-14(4-7-28)27-17-15-5-8-29(30-23)18(15)26-12-25-17/h1-2,5,8,10,12,14H,3-4,6-7,9,11H2,(H,25,26,27). The molecule has 0 saturated carbocycles. The maximum absolute atomic E-state index is 14.6. The number of fused-ring (bicyclic) bond motifs is 1. The van der Waals surface area contributed by atoms with Gasteiger partial charge in [0.1, 0.15) is 24.5 Å². The van der Waals surface area contributed by atoms with Crippen molar-refractivity contribution in [2.75, 3.05) is 25.0 Å². The average Bonchev–Trinajstić information content (AvgIpc) is 3.19. The van der Waals surface area contributed by atoms with Crippen molar-refractivity contribution in [1.29, 1.82) is 0 Å². The zero-order valence-electron chi connectivity index (χ0n) is 15.9. The van der Waals surface area contributed by atoms with E-state index in [4.69, 9.17) is 0 Å². The first-order chi connectivity index (χ1) is 14.5. The fourth-order valence-corrected chi connectivity index (χ4v) is 4.88. The molecule has 0 radical (unpaired) electrons. The second kappa shape index (κ2) is 9.27. The van der Waals surface area contributed by atoms with Gasteiger partial charge in [-0.25, -0.2) is 14.4 Å². The van der Waals surface area contributed by atoms with E-state index in [9.17, 15) is 13.2 Å². The number of pyridine rings is 1. The number of rotatable bonds is 7. The minimum Gasteiger partial charge on any atom is -0.367 e. The van der Waals surface area contributed by atoms with Crippen molar-refractivity contribution < 1.29 is 13.2 Å². The molecule has 160 valence electrons. The van der Waals surface area contributed by atoms with Crippen molar-refractivity contribution in [1.82, 2.24) is 23.8 Å². The Kier molecular flexibility index (Phi) is 6.68. The molecule has 30 heavy (non-hydrogen) atoms. The van der Waals surface area contributed by atoms with Gasteiger partial charge in [0.2, 0.25) is 0 Å². The first-order valence-electron chi connectivity index (χ1n) is 9.49. The van der Waals surface area contributed by atoms with Crippen molar-refractivity contribution >= 4 is 47.2 Å². The van der Waals surface area contributed by atoms with Crippen LogP contribution in [0.4, 0.5) is 19.0 Å². The van der Waals surface area contributed by atoms with Crippen LogP contribution in [0, 0.1) is 0 Å². The van der Waals surface area contributed by atoms with E-state index in [2.05, 4.69) is 41.5 Å². The average molecular weight is 548 g/mol. The molecule has 6 nitrogen and oxygen atoms in total. The summed E-state index contributed by atoms with van der Waals surface area (Å²) < 4.78 is 43.7. The quantitative estimate of drug-likeness (QED) is 0.428. The van der Waals surface area contributed by atoms with Crippen LogP contribution >= 0.6 is 30.3 Å². The molecule has 11 heteroatoms. The summed E-state index contributed by atoms with van der Waals surface area (Å²) in [5.74, 6) is -2.31. The van der Waals surface area contributed by atoms with Crippen molar-refractivity contribution in [3.8, 4) is 0 Å². The van der Waals surface area contributed by atoms with Gasteiger partial charge in [-0.1, -0.05) is 6.07 Å². The highest BCUT2D eigenvalue weighted by Crippen LogP contribution is 2.30. The Hall–Kier alpha value is -1.60. The van der Waals surface area contributed by atoms with Crippen molar-refractivity contribution in [3.63, 3.8) is 0 Å². The molecule has 0 aliphatic carbocycles. The SMILES string of the molecule is FCc1ccc(C(F)(F)CN2CCC(Nc3ncnc4c3ccn4SI)CC2)nc1. The lowest BCUT2D eigenvalue weighted by atomic mass is 10.0. The number of halogens is 4. The van der Waals surface area contributed by atoms with E-state index >= 15 is 0 Å². The molecule has 4 rings (SSSR count). The summed E-state index contributed by atoms with van der Waals surface area (Å²) in [6.45, 7) is -0.00185. The lowest BCUT2D eigenvalue weighted by Crippen LogP contribution is -2.44. The Bertz CT molecular complexity index is 992. The van der Waals surface area contributed by atoms with E-state index in [-0.39, 0.29) is 11.7 Å². The summed E-state index contributed by atoms with van der Waals surface area (Å²) in [6, 6.07) is 4.70. The molecular weight excluding hydrogens is 528 g/mol.